The van der Waals surface area contributed by atoms with Crippen LogP contribution in [0.15, 0.2) is 84.9 Å². The van der Waals surface area contributed by atoms with E-state index in [1.807, 2.05) is 48.5 Å². The Morgan fingerprint density at radius 1 is 0.667 bits per heavy atom. The van der Waals surface area contributed by atoms with E-state index >= 15 is 0 Å². The molecule has 0 aliphatic heterocycles. The minimum Gasteiger partial charge on any atom is -0.492 e. The Labute approximate surface area is 180 Å². The van der Waals surface area contributed by atoms with Crippen LogP contribution >= 0.6 is 0 Å². The van der Waals surface area contributed by atoms with Gasteiger partial charge in [-0.3, -0.25) is 0 Å². The molecular weight excluding hydrogens is 370 g/mol. The van der Waals surface area contributed by atoms with Crippen LogP contribution in [0, 0.1) is 0 Å². The monoisotopic (exact) mass is 401 g/mol. The Morgan fingerprint density at radius 3 is 2.00 bits per heavy atom. The third-order valence-electron chi connectivity index (χ3n) is 5.87. The van der Waals surface area contributed by atoms with E-state index in [1.165, 1.54) is 36.8 Å². The molecule has 1 N–H and O–H groups in total. The summed E-state index contributed by atoms with van der Waals surface area (Å²) in [5.41, 5.74) is 2.63. The number of benzene rings is 3. The minimum absolute atomic E-state index is 0.606. The van der Waals surface area contributed by atoms with Crippen LogP contribution < -0.4 is 14.8 Å². The largest absolute Gasteiger partial charge is 0.492 e. The fraction of sp³-hybridized carbons (Fsp3) is 0.333. The summed E-state index contributed by atoms with van der Waals surface area (Å²) in [5.74, 6) is 2.54. The molecule has 0 saturated heterocycles. The van der Waals surface area contributed by atoms with Gasteiger partial charge in [-0.25, -0.2) is 0 Å². The van der Waals surface area contributed by atoms with Gasteiger partial charge in [-0.05, 0) is 67.0 Å². The molecule has 3 heteroatoms. The summed E-state index contributed by atoms with van der Waals surface area (Å²) in [4.78, 5) is 0. The summed E-state index contributed by atoms with van der Waals surface area (Å²) < 4.78 is 11.7. The molecule has 1 aliphatic carbocycles. The molecular formula is C27H31NO2. The van der Waals surface area contributed by atoms with Crippen LogP contribution in [0.25, 0.3) is 0 Å². The first-order valence-electron chi connectivity index (χ1n) is 11.0. The number of hydrogen-bond acceptors (Lipinski definition) is 3. The summed E-state index contributed by atoms with van der Waals surface area (Å²) in [5, 5.41) is 3.66. The molecule has 4 rings (SSSR count). The van der Waals surface area contributed by atoms with Gasteiger partial charge in [0.2, 0.25) is 0 Å². The maximum atomic E-state index is 5.92. The molecule has 0 bridgehead atoms. The summed E-state index contributed by atoms with van der Waals surface area (Å²) in [6.07, 6.45) is 4.92. The zero-order chi connectivity index (χ0) is 20.4. The minimum atomic E-state index is 0.606. The lowest BCUT2D eigenvalue weighted by molar-refractivity contribution is 0.282. The van der Waals surface area contributed by atoms with Crippen LogP contribution in [0.1, 0.15) is 42.7 Å². The highest BCUT2D eigenvalue weighted by molar-refractivity contribution is 5.30. The lowest BCUT2D eigenvalue weighted by Crippen LogP contribution is -2.35. The van der Waals surface area contributed by atoms with E-state index in [2.05, 4.69) is 41.7 Å². The molecule has 0 heterocycles. The van der Waals surface area contributed by atoms with Crippen molar-refractivity contribution in [3.05, 3.63) is 96.1 Å². The second kappa shape index (κ2) is 10.8. The lowest BCUT2D eigenvalue weighted by atomic mass is 9.82. The van der Waals surface area contributed by atoms with Gasteiger partial charge in [-0.2, -0.15) is 0 Å². The Morgan fingerprint density at radius 2 is 1.30 bits per heavy atom. The Hall–Kier alpha value is -2.78. The second-order valence-electron chi connectivity index (χ2n) is 8.01. The Kier molecular flexibility index (Phi) is 7.41. The molecule has 0 spiro atoms. The molecule has 0 amide bonds. The van der Waals surface area contributed by atoms with Crippen LogP contribution in [0.4, 0.5) is 0 Å². The molecule has 30 heavy (non-hydrogen) atoms. The third kappa shape index (κ3) is 6.11. The standard InChI is InChI=1S/C27H31NO2/c1-3-7-22(8-4-1)21-30-27-17-13-24(14-18-27)23-11-15-25(16-12-23)28-19-20-29-26-9-5-2-6-10-26/h1-10,13-14,17-18,23,25,28H,11-12,15-16,19-21H2/t23-,25+. The molecule has 3 aromatic rings. The summed E-state index contributed by atoms with van der Waals surface area (Å²) in [6.45, 7) is 2.23. The third-order valence-corrected chi connectivity index (χ3v) is 5.87. The average Bonchev–Trinajstić information content (AvgIpc) is 2.83. The quantitative estimate of drug-likeness (QED) is 0.449. The first kappa shape index (κ1) is 20.5. The smallest absolute Gasteiger partial charge is 0.119 e. The molecule has 0 atom stereocenters. The highest BCUT2D eigenvalue weighted by Crippen LogP contribution is 2.33. The SMILES string of the molecule is c1ccc(COc2ccc([C@H]3CC[C@@H](NCCOc4ccccc4)CC3)cc2)cc1. The second-order valence-corrected chi connectivity index (χ2v) is 8.01. The van der Waals surface area contributed by atoms with Gasteiger partial charge in [-0.1, -0.05) is 60.7 Å². The summed E-state index contributed by atoms with van der Waals surface area (Å²) in [7, 11) is 0. The zero-order valence-corrected chi connectivity index (χ0v) is 17.5. The van der Waals surface area contributed by atoms with Crippen LogP contribution in [-0.4, -0.2) is 19.2 Å². The van der Waals surface area contributed by atoms with Gasteiger partial charge in [0, 0.05) is 12.6 Å². The topological polar surface area (TPSA) is 30.5 Å². The lowest BCUT2D eigenvalue weighted by Gasteiger charge is -2.29. The van der Waals surface area contributed by atoms with Gasteiger partial charge in [0.15, 0.2) is 0 Å². The number of ether oxygens (including phenoxy) is 2. The maximum absolute atomic E-state index is 5.92. The van der Waals surface area contributed by atoms with E-state index < -0.39 is 0 Å². The highest BCUT2D eigenvalue weighted by atomic mass is 16.5. The van der Waals surface area contributed by atoms with E-state index in [4.69, 9.17) is 9.47 Å². The number of nitrogens with one attached hydrogen (secondary N) is 1. The molecule has 156 valence electrons. The summed E-state index contributed by atoms with van der Waals surface area (Å²) >= 11 is 0. The van der Waals surface area contributed by atoms with Crippen molar-refractivity contribution in [2.45, 2.75) is 44.2 Å². The van der Waals surface area contributed by atoms with E-state index in [1.54, 1.807) is 0 Å². The molecule has 0 aromatic heterocycles. The van der Waals surface area contributed by atoms with Crippen molar-refractivity contribution in [1.82, 2.24) is 5.32 Å². The van der Waals surface area contributed by atoms with Crippen molar-refractivity contribution in [2.75, 3.05) is 13.2 Å². The first-order valence-corrected chi connectivity index (χ1v) is 11.0. The molecule has 1 fully saturated rings. The number of hydrogen-bond donors (Lipinski definition) is 1. The van der Waals surface area contributed by atoms with Crippen molar-refractivity contribution in [3.63, 3.8) is 0 Å². The number of rotatable bonds is 9. The normalized spacial score (nSPS) is 18.7. The predicted molar refractivity (Wildman–Crippen MR) is 122 cm³/mol. The Bertz CT molecular complexity index is 856. The molecule has 3 nitrogen and oxygen atoms in total. The van der Waals surface area contributed by atoms with Gasteiger partial charge < -0.3 is 14.8 Å². The molecule has 0 radical (unpaired) electrons. The van der Waals surface area contributed by atoms with Gasteiger partial charge >= 0.3 is 0 Å². The molecule has 1 saturated carbocycles. The van der Waals surface area contributed by atoms with Crippen molar-refractivity contribution in [3.8, 4) is 11.5 Å². The van der Waals surface area contributed by atoms with Crippen LogP contribution in [0.2, 0.25) is 0 Å². The van der Waals surface area contributed by atoms with E-state index in [9.17, 15) is 0 Å². The van der Waals surface area contributed by atoms with Crippen molar-refractivity contribution < 1.29 is 9.47 Å². The fourth-order valence-electron chi connectivity index (χ4n) is 4.16. The molecule has 0 unspecified atom stereocenters. The zero-order valence-electron chi connectivity index (χ0n) is 17.5. The van der Waals surface area contributed by atoms with Gasteiger partial charge in [0.25, 0.3) is 0 Å². The highest BCUT2D eigenvalue weighted by Gasteiger charge is 2.22. The maximum Gasteiger partial charge on any atom is 0.119 e. The van der Waals surface area contributed by atoms with Crippen molar-refractivity contribution in [1.29, 1.82) is 0 Å². The average molecular weight is 402 g/mol. The molecule has 3 aromatic carbocycles. The van der Waals surface area contributed by atoms with Gasteiger partial charge in [0.05, 0.1) is 0 Å². The fourth-order valence-corrected chi connectivity index (χ4v) is 4.16. The van der Waals surface area contributed by atoms with Crippen LogP contribution in [0.3, 0.4) is 0 Å². The first-order chi connectivity index (χ1) is 14.9. The Balaban J connectivity index is 1.16. The predicted octanol–water partition coefficient (Wildman–Crippen LogP) is 5.96. The number of para-hydroxylation sites is 1. The van der Waals surface area contributed by atoms with Gasteiger partial charge in [-0.15, -0.1) is 0 Å². The van der Waals surface area contributed by atoms with Crippen LogP contribution in [-0.2, 0) is 6.61 Å². The van der Waals surface area contributed by atoms with E-state index in [-0.39, 0.29) is 0 Å². The van der Waals surface area contributed by atoms with E-state index in [0.29, 0.717) is 25.2 Å². The summed E-state index contributed by atoms with van der Waals surface area (Å²) in [6, 6.07) is 29.6. The van der Waals surface area contributed by atoms with Crippen molar-refractivity contribution in [2.24, 2.45) is 0 Å². The van der Waals surface area contributed by atoms with E-state index in [0.717, 1.165) is 18.0 Å². The van der Waals surface area contributed by atoms with Gasteiger partial charge in [0.1, 0.15) is 24.7 Å². The van der Waals surface area contributed by atoms with Crippen LogP contribution in [0.5, 0.6) is 11.5 Å². The van der Waals surface area contributed by atoms with Crippen molar-refractivity contribution >= 4 is 0 Å². The molecule has 1 aliphatic rings.